The van der Waals surface area contributed by atoms with Crippen LogP contribution in [0.5, 0.6) is 0 Å². The molecular weight excluding hydrogens is 336 g/mol. The van der Waals surface area contributed by atoms with E-state index in [4.69, 9.17) is 0 Å². The zero-order valence-electron chi connectivity index (χ0n) is 14.1. The molecular formula is C18H20N4O2S. The van der Waals surface area contributed by atoms with Crippen molar-refractivity contribution in [1.29, 1.82) is 0 Å². The van der Waals surface area contributed by atoms with E-state index in [2.05, 4.69) is 19.3 Å². The first-order valence-corrected chi connectivity index (χ1v) is 9.91. The molecule has 25 heavy (non-hydrogen) atoms. The van der Waals surface area contributed by atoms with Gasteiger partial charge in [-0.25, -0.2) is 18.1 Å². The lowest BCUT2D eigenvalue weighted by atomic mass is 10.2. The molecule has 2 aromatic heterocycles. The third-order valence-corrected chi connectivity index (χ3v) is 5.93. The number of fused-ring (bicyclic) bond motifs is 2. The molecule has 0 bridgehead atoms. The van der Waals surface area contributed by atoms with Crippen LogP contribution in [0.2, 0.25) is 0 Å². The summed E-state index contributed by atoms with van der Waals surface area (Å²) in [7, 11) is -3.66. The van der Waals surface area contributed by atoms with Gasteiger partial charge in [0.05, 0.1) is 17.8 Å². The van der Waals surface area contributed by atoms with Gasteiger partial charge in [0.2, 0.25) is 10.0 Å². The zero-order valence-corrected chi connectivity index (χ0v) is 14.9. The molecule has 0 radical (unpaired) electrons. The third kappa shape index (κ3) is 3.17. The Morgan fingerprint density at radius 2 is 2.16 bits per heavy atom. The van der Waals surface area contributed by atoms with Gasteiger partial charge in [-0.1, -0.05) is 12.1 Å². The van der Waals surface area contributed by atoms with Gasteiger partial charge in [0.15, 0.2) is 0 Å². The van der Waals surface area contributed by atoms with Gasteiger partial charge in [0.25, 0.3) is 0 Å². The van der Waals surface area contributed by atoms with E-state index in [1.807, 2.05) is 25.3 Å². The highest BCUT2D eigenvalue weighted by Gasteiger charge is 2.19. The number of hydrogen-bond donors (Lipinski definition) is 1. The maximum Gasteiger partial charge on any atom is 0.243 e. The topological polar surface area (TPSA) is 76.9 Å². The monoisotopic (exact) mass is 356 g/mol. The summed E-state index contributed by atoms with van der Waals surface area (Å²) in [4.78, 5) is 9.06. The summed E-state index contributed by atoms with van der Waals surface area (Å²) in [6.45, 7) is 3.08. The Balaban J connectivity index is 1.61. The highest BCUT2D eigenvalue weighted by Crippen LogP contribution is 2.22. The summed E-state index contributed by atoms with van der Waals surface area (Å²) in [6.07, 6.45) is 6.88. The number of sulfonamides is 1. The first-order chi connectivity index (χ1) is 12.0. The number of aryl methyl sites for hydroxylation is 3. The molecule has 1 aliphatic heterocycles. The number of nitrogens with one attached hydrogen (secondary N) is 1. The number of imidazole rings is 1. The summed E-state index contributed by atoms with van der Waals surface area (Å²) in [5, 5.41) is 0.820. The van der Waals surface area contributed by atoms with Gasteiger partial charge in [-0.2, -0.15) is 0 Å². The fourth-order valence-corrected chi connectivity index (χ4v) is 4.44. The Morgan fingerprint density at radius 1 is 1.28 bits per heavy atom. The lowest BCUT2D eigenvalue weighted by molar-refractivity contribution is 0.522. The molecule has 0 spiro atoms. The average molecular weight is 356 g/mol. The summed E-state index contributed by atoms with van der Waals surface area (Å²) < 4.78 is 30.3. The predicted octanol–water partition coefficient (Wildman–Crippen LogP) is 2.55. The molecule has 6 nitrogen and oxygen atoms in total. The molecule has 0 atom stereocenters. The van der Waals surface area contributed by atoms with Gasteiger partial charge >= 0.3 is 0 Å². The van der Waals surface area contributed by atoms with Crippen LogP contribution in [0, 0.1) is 6.92 Å². The van der Waals surface area contributed by atoms with E-state index in [9.17, 15) is 8.42 Å². The molecule has 0 unspecified atom stereocenters. The Labute approximate surface area is 147 Å². The van der Waals surface area contributed by atoms with E-state index in [1.165, 1.54) is 0 Å². The van der Waals surface area contributed by atoms with Gasteiger partial charge in [0.1, 0.15) is 10.7 Å². The van der Waals surface area contributed by atoms with Crippen molar-refractivity contribution < 1.29 is 8.42 Å². The van der Waals surface area contributed by atoms with E-state index in [0.717, 1.165) is 48.3 Å². The van der Waals surface area contributed by atoms with E-state index in [0.29, 0.717) is 5.52 Å². The minimum absolute atomic E-state index is 0.185. The Kier molecular flexibility index (Phi) is 4.05. The van der Waals surface area contributed by atoms with E-state index in [-0.39, 0.29) is 11.4 Å². The second kappa shape index (κ2) is 6.24. The van der Waals surface area contributed by atoms with Gasteiger partial charge in [-0.05, 0) is 37.5 Å². The van der Waals surface area contributed by atoms with Crippen LogP contribution in [0.1, 0.15) is 29.9 Å². The molecule has 1 N–H and O–H groups in total. The van der Waals surface area contributed by atoms with Gasteiger partial charge < -0.3 is 4.57 Å². The smallest absolute Gasteiger partial charge is 0.243 e. The number of para-hydroxylation sites is 1. The largest absolute Gasteiger partial charge is 0.335 e. The minimum atomic E-state index is -3.66. The molecule has 1 aromatic carbocycles. The fraction of sp³-hybridized carbons (Fsp3) is 0.333. The van der Waals surface area contributed by atoms with Crippen molar-refractivity contribution in [3.05, 3.63) is 53.7 Å². The SMILES string of the molecule is Cc1cnc2c(S(=O)(=O)NCc3cn4c(n3)CCCC4)cccc2c1. The lowest BCUT2D eigenvalue weighted by Crippen LogP contribution is -2.23. The van der Waals surface area contributed by atoms with Gasteiger partial charge in [-0.15, -0.1) is 0 Å². The fourth-order valence-electron chi connectivity index (χ4n) is 3.26. The Bertz CT molecular complexity index is 1020. The highest BCUT2D eigenvalue weighted by atomic mass is 32.2. The summed E-state index contributed by atoms with van der Waals surface area (Å²) in [6, 6.07) is 7.14. The van der Waals surface area contributed by atoms with Crippen LogP contribution >= 0.6 is 0 Å². The first kappa shape index (κ1) is 16.2. The maximum absolute atomic E-state index is 12.8. The molecule has 1 aliphatic rings. The summed E-state index contributed by atoms with van der Waals surface area (Å²) >= 11 is 0. The molecule has 0 aliphatic carbocycles. The second-order valence-electron chi connectivity index (χ2n) is 6.46. The van der Waals surface area contributed by atoms with Crippen molar-refractivity contribution in [3.63, 3.8) is 0 Å². The van der Waals surface area contributed by atoms with Crippen molar-refractivity contribution in [3.8, 4) is 0 Å². The average Bonchev–Trinajstić information content (AvgIpc) is 3.02. The molecule has 0 saturated heterocycles. The molecule has 0 fully saturated rings. The van der Waals surface area contributed by atoms with Crippen molar-refractivity contribution in [1.82, 2.24) is 19.3 Å². The standard InChI is InChI=1S/C18H20N4O2S/c1-13-9-14-5-4-6-16(18(14)19-10-13)25(23,24)20-11-15-12-22-8-3-2-7-17(22)21-15/h4-6,9-10,12,20H,2-3,7-8,11H2,1H3. The molecule has 0 saturated carbocycles. The van der Waals surface area contributed by atoms with E-state index >= 15 is 0 Å². The van der Waals surface area contributed by atoms with Crippen LogP contribution in [-0.4, -0.2) is 23.0 Å². The molecule has 0 amide bonds. The van der Waals surface area contributed by atoms with Crippen LogP contribution in [-0.2, 0) is 29.5 Å². The maximum atomic E-state index is 12.8. The van der Waals surface area contributed by atoms with Crippen LogP contribution in [0.3, 0.4) is 0 Å². The third-order valence-electron chi connectivity index (χ3n) is 4.50. The lowest BCUT2D eigenvalue weighted by Gasteiger charge is -2.11. The molecule has 3 aromatic rings. The zero-order chi connectivity index (χ0) is 17.4. The second-order valence-corrected chi connectivity index (χ2v) is 8.20. The molecule has 7 heteroatoms. The van der Waals surface area contributed by atoms with E-state index in [1.54, 1.807) is 18.3 Å². The van der Waals surface area contributed by atoms with Crippen molar-refractivity contribution in [2.75, 3.05) is 0 Å². The van der Waals surface area contributed by atoms with Crippen molar-refractivity contribution in [2.24, 2.45) is 0 Å². The Morgan fingerprint density at radius 3 is 3.00 bits per heavy atom. The summed E-state index contributed by atoms with van der Waals surface area (Å²) in [5.41, 5.74) is 2.24. The number of aromatic nitrogens is 3. The van der Waals surface area contributed by atoms with Crippen LogP contribution < -0.4 is 4.72 Å². The number of pyridine rings is 1. The molecule has 4 rings (SSSR count). The normalized spacial score (nSPS) is 14.6. The number of benzene rings is 1. The van der Waals surface area contributed by atoms with Crippen molar-refractivity contribution >= 4 is 20.9 Å². The number of nitrogens with zero attached hydrogens (tertiary/aromatic N) is 3. The summed E-state index contributed by atoms with van der Waals surface area (Å²) in [5.74, 6) is 1.04. The van der Waals surface area contributed by atoms with Gasteiger partial charge in [0, 0.05) is 30.7 Å². The highest BCUT2D eigenvalue weighted by molar-refractivity contribution is 7.89. The minimum Gasteiger partial charge on any atom is -0.335 e. The van der Waals surface area contributed by atoms with E-state index < -0.39 is 10.0 Å². The number of hydrogen-bond acceptors (Lipinski definition) is 4. The molecule has 3 heterocycles. The van der Waals surface area contributed by atoms with Crippen LogP contribution in [0.15, 0.2) is 41.6 Å². The Hall–Kier alpha value is -2.25. The first-order valence-electron chi connectivity index (χ1n) is 8.43. The predicted molar refractivity (Wildman–Crippen MR) is 95.7 cm³/mol. The molecule has 130 valence electrons. The quantitative estimate of drug-likeness (QED) is 0.779. The van der Waals surface area contributed by atoms with Crippen molar-refractivity contribution in [2.45, 2.75) is 44.2 Å². The number of rotatable bonds is 4. The van der Waals surface area contributed by atoms with Crippen LogP contribution in [0.25, 0.3) is 10.9 Å². The van der Waals surface area contributed by atoms with Gasteiger partial charge in [-0.3, -0.25) is 4.98 Å². The van der Waals surface area contributed by atoms with Crippen LogP contribution in [0.4, 0.5) is 0 Å².